The van der Waals surface area contributed by atoms with Crippen LogP contribution < -0.4 is 20.7 Å². The molecule has 0 aliphatic carbocycles. The van der Waals surface area contributed by atoms with Crippen molar-refractivity contribution in [1.82, 2.24) is 10.2 Å². The predicted octanol–water partition coefficient (Wildman–Crippen LogP) is 2.62. The van der Waals surface area contributed by atoms with E-state index >= 15 is 0 Å². The second kappa shape index (κ2) is 9.20. The SMILES string of the molecule is COc1ccc(N2C(=O)CC(N3CCC(N)CC3)NC2c2ccc(C#N)c(F)c2)cc1F. The largest absolute Gasteiger partial charge is 0.494 e. The van der Waals surface area contributed by atoms with Gasteiger partial charge in [0.05, 0.1) is 25.3 Å². The summed E-state index contributed by atoms with van der Waals surface area (Å²) in [5.41, 5.74) is 6.72. The summed E-state index contributed by atoms with van der Waals surface area (Å²) in [6.45, 7) is 1.50. The van der Waals surface area contributed by atoms with Crippen LogP contribution in [0.15, 0.2) is 36.4 Å². The first-order valence-electron chi connectivity index (χ1n) is 10.5. The van der Waals surface area contributed by atoms with E-state index in [4.69, 9.17) is 15.7 Å². The maximum atomic E-state index is 14.4. The van der Waals surface area contributed by atoms with Crippen LogP contribution in [-0.4, -0.2) is 43.2 Å². The topological polar surface area (TPSA) is 94.6 Å². The molecule has 1 amide bonds. The molecule has 32 heavy (non-hydrogen) atoms. The lowest BCUT2D eigenvalue weighted by molar-refractivity contribution is -0.123. The summed E-state index contributed by atoms with van der Waals surface area (Å²) in [4.78, 5) is 16.9. The molecule has 4 rings (SSSR count). The van der Waals surface area contributed by atoms with Crippen LogP contribution in [0.4, 0.5) is 14.5 Å². The molecule has 0 aromatic heterocycles. The third-order valence-electron chi connectivity index (χ3n) is 6.10. The van der Waals surface area contributed by atoms with Crippen molar-refractivity contribution >= 4 is 11.6 Å². The number of nitrogens with zero attached hydrogens (tertiary/aromatic N) is 3. The third kappa shape index (κ3) is 4.30. The van der Waals surface area contributed by atoms with Crippen LogP contribution in [0.25, 0.3) is 0 Å². The number of ether oxygens (including phenoxy) is 1. The number of rotatable bonds is 4. The van der Waals surface area contributed by atoms with E-state index in [2.05, 4.69) is 10.2 Å². The van der Waals surface area contributed by atoms with E-state index in [1.165, 1.54) is 36.3 Å². The van der Waals surface area contributed by atoms with Gasteiger partial charge in [-0.15, -0.1) is 0 Å². The number of hydrogen-bond acceptors (Lipinski definition) is 6. The fourth-order valence-electron chi connectivity index (χ4n) is 4.32. The number of likely N-dealkylation sites (tertiary alicyclic amines) is 1. The molecule has 0 saturated carbocycles. The van der Waals surface area contributed by atoms with E-state index in [-0.39, 0.29) is 35.8 Å². The van der Waals surface area contributed by atoms with E-state index in [1.807, 2.05) is 0 Å². The Morgan fingerprint density at radius 2 is 1.91 bits per heavy atom. The Hall–Kier alpha value is -3.06. The zero-order valence-corrected chi connectivity index (χ0v) is 17.7. The molecule has 3 N–H and O–H groups in total. The van der Waals surface area contributed by atoms with Gasteiger partial charge in [0.2, 0.25) is 5.91 Å². The summed E-state index contributed by atoms with van der Waals surface area (Å²) < 4.78 is 33.8. The maximum Gasteiger partial charge on any atom is 0.231 e. The molecule has 2 aliphatic rings. The van der Waals surface area contributed by atoms with E-state index in [1.54, 1.807) is 18.2 Å². The van der Waals surface area contributed by atoms with Gasteiger partial charge in [-0.3, -0.25) is 19.9 Å². The molecule has 2 aliphatic heterocycles. The molecule has 9 heteroatoms. The molecule has 2 fully saturated rings. The minimum Gasteiger partial charge on any atom is -0.494 e. The van der Waals surface area contributed by atoms with Crippen LogP contribution >= 0.6 is 0 Å². The van der Waals surface area contributed by atoms with Crippen molar-refractivity contribution in [2.45, 2.75) is 37.6 Å². The van der Waals surface area contributed by atoms with Gasteiger partial charge in [0.15, 0.2) is 11.6 Å². The second-order valence-electron chi connectivity index (χ2n) is 8.10. The van der Waals surface area contributed by atoms with Gasteiger partial charge in [0.25, 0.3) is 0 Å². The molecule has 0 bridgehead atoms. The van der Waals surface area contributed by atoms with Gasteiger partial charge in [0.1, 0.15) is 18.1 Å². The van der Waals surface area contributed by atoms with Crippen LogP contribution in [0, 0.1) is 23.0 Å². The first-order chi connectivity index (χ1) is 15.4. The molecule has 7 nitrogen and oxygen atoms in total. The van der Waals surface area contributed by atoms with Gasteiger partial charge in [-0.25, -0.2) is 8.78 Å². The number of anilines is 1. The van der Waals surface area contributed by atoms with Crippen LogP contribution in [0.1, 0.15) is 36.6 Å². The molecule has 2 heterocycles. The highest BCUT2D eigenvalue weighted by molar-refractivity contribution is 5.95. The Balaban J connectivity index is 1.71. The highest BCUT2D eigenvalue weighted by Gasteiger charge is 2.38. The number of benzene rings is 2. The monoisotopic (exact) mass is 441 g/mol. The Bertz CT molecular complexity index is 1050. The Labute approximate surface area is 185 Å². The van der Waals surface area contributed by atoms with E-state index < -0.39 is 17.8 Å². The summed E-state index contributed by atoms with van der Waals surface area (Å²) in [5, 5.41) is 12.5. The number of piperidine rings is 1. The number of methoxy groups -OCH3 is 1. The standard InChI is InChI=1S/C23H25F2N5O2/c1-32-20-5-4-17(11-19(20)25)30-22(31)12-21(29-8-6-16(27)7-9-29)28-23(30)14-2-3-15(13-26)18(24)10-14/h2-5,10-11,16,21,23,28H,6-9,12,27H2,1H3. The van der Waals surface area contributed by atoms with Crippen LogP contribution in [0.3, 0.4) is 0 Å². The number of nitriles is 1. The van der Waals surface area contributed by atoms with Gasteiger partial charge in [0, 0.05) is 30.9 Å². The number of nitrogens with one attached hydrogen (secondary N) is 1. The number of nitrogens with two attached hydrogens (primary N) is 1. The smallest absolute Gasteiger partial charge is 0.231 e. The number of amides is 1. The normalized spacial score (nSPS) is 22.6. The summed E-state index contributed by atoms with van der Waals surface area (Å²) in [7, 11) is 1.36. The lowest BCUT2D eigenvalue weighted by atomic mass is 10.0. The van der Waals surface area contributed by atoms with Gasteiger partial charge >= 0.3 is 0 Å². The Kier molecular flexibility index (Phi) is 6.37. The Morgan fingerprint density at radius 1 is 1.16 bits per heavy atom. The minimum atomic E-state index is -0.744. The summed E-state index contributed by atoms with van der Waals surface area (Å²) in [6, 6.07) is 10.4. The highest BCUT2D eigenvalue weighted by Crippen LogP contribution is 2.34. The highest BCUT2D eigenvalue weighted by atomic mass is 19.1. The average Bonchev–Trinajstić information content (AvgIpc) is 2.79. The van der Waals surface area contributed by atoms with Crippen molar-refractivity contribution in [1.29, 1.82) is 5.26 Å². The molecule has 2 aromatic carbocycles. The van der Waals surface area contributed by atoms with Gasteiger partial charge in [-0.05, 0) is 42.7 Å². The first kappa shape index (κ1) is 22.1. The number of halogens is 2. The molecule has 2 unspecified atom stereocenters. The van der Waals surface area contributed by atoms with Crippen LogP contribution in [-0.2, 0) is 4.79 Å². The van der Waals surface area contributed by atoms with Crippen molar-refractivity contribution in [3.8, 4) is 11.8 Å². The zero-order chi connectivity index (χ0) is 22.8. The summed E-state index contributed by atoms with van der Waals surface area (Å²) >= 11 is 0. The lowest BCUT2D eigenvalue weighted by Gasteiger charge is -2.45. The Morgan fingerprint density at radius 3 is 2.53 bits per heavy atom. The second-order valence-corrected chi connectivity index (χ2v) is 8.10. The number of carbonyl (C=O) groups excluding carboxylic acids is 1. The fourth-order valence-corrected chi connectivity index (χ4v) is 4.32. The number of carbonyl (C=O) groups is 1. The number of hydrogen-bond donors (Lipinski definition) is 2. The minimum absolute atomic E-state index is 0.0645. The van der Waals surface area contributed by atoms with Crippen LogP contribution in [0.2, 0.25) is 0 Å². The average molecular weight is 441 g/mol. The van der Waals surface area contributed by atoms with E-state index in [0.29, 0.717) is 11.3 Å². The molecular formula is C23H25F2N5O2. The summed E-state index contributed by atoms with van der Waals surface area (Å²) in [5.74, 6) is -1.43. The van der Waals surface area contributed by atoms with Crippen molar-refractivity contribution < 1.29 is 18.3 Å². The van der Waals surface area contributed by atoms with E-state index in [9.17, 15) is 13.6 Å². The first-order valence-corrected chi connectivity index (χ1v) is 10.5. The quantitative estimate of drug-likeness (QED) is 0.758. The van der Waals surface area contributed by atoms with E-state index in [0.717, 1.165) is 25.9 Å². The third-order valence-corrected chi connectivity index (χ3v) is 6.10. The zero-order valence-electron chi connectivity index (χ0n) is 17.7. The van der Waals surface area contributed by atoms with Crippen molar-refractivity contribution in [3.05, 3.63) is 59.2 Å². The molecule has 0 spiro atoms. The van der Waals surface area contributed by atoms with Crippen molar-refractivity contribution in [3.63, 3.8) is 0 Å². The molecule has 2 aromatic rings. The van der Waals surface area contributed by atoms with Crippen LogP contribution in [0.5, 0.6) is 5.75 Å². The maximum absolute atomic E-state index is 14.4. The molecule has 2 saturated heterocycles. The fraction of sp³-hybridized carbons (Fsp3) is 0.391. The van der Waals surface area contributed by atoms with Crippen molar-refractivity contribution in [2.75, 3.05) is 25.1 Å². The predicted molar refractivity (Wildman–Crippen MR) is 115 cm³/mol. The van der Waals surface area contributed by atoms with Gasteiger partial charge < -0.3 is 10.5 Å². The molecule has 2 atom stereocenters. The lowest BCUT2D eigenvalue weighted by Crippen LogP contribution is -2.60. The molecular weight excluding hydrogens is 416 g/mol. The van der Waals surface area contributed by atoms with Gasteiger partial charge in [-0.1, -0.05) is 6.07 Å². The van der Waals surface area contributed by atoms with Gasteiger partial charge in [-0.2, -0.15) is 5.26 Å². The van der Waals surface area contributed by atoms with Crippen molar-refractivity contribution in [2.24, 2.45) is 5.73 Å². The summed E-state index contributed by atoms with van der Waals surface area (Å²) in [6.07, 6.45) is 0.828. The molecule has 168 valence electrons. The molecule has 0 radical (unpaired) electrons.